The van der Waals surface area contributed by atoms with Crippen LogP contribution in [0.5, 0.6) is 0 Å². The summed E-state index contributed by atoms with van der Waals surface area (Å²) in [6.45, 7) is 0. The van der Waals surface area contributed by atoms with Gasteiger partial charge in [0.1, 0.15) is 0 Å². The molecule has 0 aliphatic heterocycles. The summed E-state index contributed by atoms with van der Waals surface area (Å²) < 4.78 is 0. The summed E-state index contributed by atoms with van der Waals surface area (Å²) in [7, 11) is -4.55. The molecule has 0 radical (unpaired) electrons. The molecule has 6 aromatic carbocycles. The number of nitrogens with one attached hydrogen (secondary N) is 2. The standard InChI is InChI=1S/2C18H16NP.2ClH/c2*19-20(16-10-4-1-5-11-16,17-12-6-2-7-13-17)18-14-8-3-9-15-18;;/h2*1-15,19H;2*1H. The van der Waals surface area contributed by atoms with Crippen molar-refractivity contribution >= 4 is 70.8 Å². The average Bonchev–Trinajstić information content (AvgIpc) is 3.07. The Bertz CT molecular complexity index is 1380. The molecule has 0 aliphatic rings. The van der Waals surface area contributed by atoms with E-state index in [-0.39, 0.29) is 24.8 Å². The van der Waals surface area contributed by atoms with Gasteiger partial charge in [0.25, 0.3) is 0 Å². The van der Waals surface area contributed by atoms with E-state index < -0.39 is 14.1 Å². The highest BCUT2D eigenvalue weighted by atomic mass is 35.5. The lowest BCUT2D eigenvalue weighted by molar-refractivity contribution is 1.59. The highest BCUT2D eigenvalue weighted by Gasteiger charge is 2.25. The lowest BCUT2D eigenvalue weighted by atomic mass is 10.4. The molecule has 0 atom stereocenters. The molecule has 0 amide bonds. The largest absolute Gasteiger partial charge is 0.305 e. The van der Waals surface area contributed by atoms with Crippen molar-refractivity contribution in [3.8, 4) is 0 Å². The number of hydrogen-bond acceptors (Lipinski definition) is 2. The summed E-state index contributed by atoms with van der Waals surface area (Å²) in [5, 5.41) is 25.1. The van der Waals surface area contributed by atoms with Crippen molar-refractivity contribution in [1.82, 2.24) is 0 Å². The van der Waals surface area contributed by atoms with Gasteiger partial charge in [0.2, 0.25) is 0 Å². The zero-order chi connectivity index (χ0) is 27.7. The fourth-order valence-corrected chi connectivity index (χ4v) is 10.3. The van der Waals surface area contributed by atoms with Crippen LogP contribution in [-0.2, 0) is 0 Å². The van der Waals surface area contributed by atoms with Crippen molar-refractivity contribution in [1.29, 1.82) is 10.3 Å². The predicted molar refractivity (Wildman–Crippen MR) is 190 cm³/mol. The van der Waals surface area contributed by atoms with E-state index in [1.807, 2.05) is 109 Å². The number of rotatable bonds is 6. The van der Waals surface area contributed by atoms with Gasteiger partial charge in [-0.15, -0.1) is 24.8 Å². The predicted octanol–water partition coefficient (Wildman–Crippen LogP) is 8.33. The molecule has 0 heterocycles. The van der Waals surface area contributed by atoms with Gasteiger partial charge < -0.3 is 10.3 Å². The number of hydrogen-bond donors (Lipinski definition) is 2. The Hall–Kier alpha value is -3.64. The molecule has 0 aliphatic carbocycles. The second-order valence-corrected chi connectivity index (χ2v) is 15.1. The van der Waals surface area contributed by atoms with Crippen molar-refractivity contribution in [2.24, 2.45) is 0 Å². The first kappa shape index (κ1) is 32.9. The van der Waals surface area contributed by atoms with Gasteiger partial charge in [0, 0.05) is 0 Å². The third-order valence-electron chi connectivity index (χ3n) is 6.86. The van der Waals surface area contributed by atoms with Crippen molar-refractivity contribution in [2.45, 2.75) is 0 Å². The molecule has 6 aromatic rings. The molecule has 212 valence electrons. The van der Waals surface area contributed by atoms with Gasteiger partial charge >= 0.3 is 0 Å². The fourth-order valence-electron chi connectivity index (χ4n) is 4.80. The third-order valence-corrected chi connectivity index (χ3v) is 13.3. The maximum atomic E-state index is 9.25. The van der Waals surface area contributed by atoms with Gasteiger partial charge in [-0.3, -0.25) is 0 Å². The van der Waals surface area contributed by atoms with Crippen LogP contribution >= 0.6 is 38.9 Å². The van der Waals surface area contributed by atoms with Crippen LogP contribution < -0.4 is 31.8 Å². The maximum Gasteiger partial charge on any atom is 0.0512 e. The van der Waals surface area contributed by atoms with E-state index in [4.69, 9.17) is 0 Å². The Kier molecular flexibility index (Phi) is 12.2. The summed E-state index contributed by atoms with van der Waals surface area (Å²) in [6.07, 6.45) is 0. The van der Waals surface area contributed by atoms with Gasteiger partial charge in [-0.05, 0) is 31.8 Å². The highest BCUT2D eigenvalue weighted by molar-refractivity contribution is 7.86. The van der Waals surface area contributed by atoms with E-state index in [0.717, 1.165) is 31.8 Å². The zero-order valence-electron chi connectivity index (χ0n) is 23.0. The summed E-state index contributed by atoms with van der Waals surface area (Å²) in [5.74, 6) is 0. The molecule has 42 heavy (non-hydrogen) atoms. The van der Waals surface area contributed by atoms with Gasteiger partial charge in [-0.25, -0.2) is 0 Å². The maximum absolute atomic E-state index is 9.25. The fraction of sp³-hybridized carbons (Fsp3) is 0. The minimum absolute atomic E-state index is 0. The molecule has 0 spiro atoms. The minimum Gasteiger partial charge on any atom is -0.305 e. The van der Waals surface area contributed by atoms with Crippen molar-refractivity contribution in [2.75, 3.05) is 0 Å². The van der Waals surface area contributed by atoms with Gasteiger partial charge in [0.05, 0.1) is 14.1 Å². The van der Waals surface area contributed by atoms with Crippen LogP contribution in [0.3, 0.4) is 0 Å². The highest BCUT2D eigenvalue weighted by Crippen LogP contribution is 2.43. The number of benzene rings is 6. The normalized spacial score (nSPS) is 10.7. The lowest BCUT2D eigenvalue weighted by Crippen LogP contribution is -2.24. The lowest BCUT2D eigenvalue weighted by Gasteiger charge is -2.24. The molecule has 0 saturated carbocycles. The molecular formula is C36H34Cl2N2P2. The SMILES string of the molecule is Cl.Cl.N=P(c1ccccc1)(c1ccccc1)c1ccccc1.N=P(c1ccccc1)(c1ccccc1)c1ccccc1. The molecule has 0 bridgehead atoms. The smallest absolute Gasteiger partial charge is 0.0512 e. The molecule has 6 heteroatoms. The molecule has 0 aromatic heterocycles. The van der Waals surface area contributed by atoms with Crippen LogP contribution in [0.1, 0.15) is 0 Å². The first-order valence-corrected chi connectivity index (χ1v) is 16.8. The summed E-state index contributed by atoms with van der Waals surface area (Å²) in [6, 6.07) is 61.1. The third kappa shape index (κ3) is 7.04. The Labute approximate surface area is 262 Å². The minimum atomic E-state index is -2.28. The van der Waals surface area contributed by atoms with Crippen LogP contribution in [-0.4, -0.2) is 0 Å². The Morgan fingerprint density at radius 1 is 0.238 bits per heavy atom. The van der Waals surface area contributed by atoms with Crippen molar-refractivity contribution < 1.29 is 0 Å². The second kappa shape index (κ2) is 15.5. The van der Waals surface area contributed by atoms with E-state index in [1.54, 1.807) is 0 Å². The van der Waals surface area contributed by atoms with Gasteiger partial charge in [0.15, 0.2) is 0 Å². The van der Waals surface area contributed by atoms with Gasteiger partial charge in [-0.2, -0.15) is 0 Å². The molecule has 6 rings (SSSR count). The summed E-state index contributed by atoms with van der Waals surface area (Å²) in [4.78, 5) is 0. The first-order valence-electron chi connectivity index (χ1n) is 13.3. The van der Waals surface area contributed by atoms with Crippen LogP contribution in [0.4, 0.5) is 0 Å². The molecule has 0 fully saturated rings. The zero-order valence-corrected chi connectivity index (χ0v) is 26.5. The Balaban J connectivity index is 0.000000220. The van der Waals surface area contributed by atoms with Crippen LogP contribution in [0.15, 0.2) is 182 Å². The van der Waals surface area contributed by atoms with E-state index in [2.05, 4.69) is 72.8 Å². The molecular weight excluding hydrogens is 593 g/mol. The molecule has 0 saturated heterocycles. The Morgan fingerprint density at radius 2 is 0.357 bits per heavy atom. The molecule has 2 N–H and O–H groups in total. The first-order chi connectivity index (χ1) is 19.6. The second-order valence-electron chi connectivity index (χ2n) is 9.35. The summed E-state index contributed by atoms with van der Waals surface area (Å²) >= 11 is 0. The van der Waals surface area contributed by atoms with Gasteiger partial charge in [-0.1, -0.05) is 182 Å². The van der Waals surface area contributed by atoms with E-state index in [0.29, 0.717) is 0 Å². The molecule has 2 nitrogen and oxygen atoms in total. The van der Waals surface area contributed by atoms with Crippen molar-refractivity contribution in [3.63, 3.8) is 0 Å². The van der Waals surface area contributed by atoms with E-state index in [1.165, 1.54) is 0 Å². The van der Waals surface area contributed by atoms with Crippen LogP contribution in [0, 0.1) is 10.3 Å². The summed E-state index contributed by atoms with van der Waals surface area (Å²) in [5.41, 5.74) is 0. The topological polar surface area (TPSA) is 47.7 Å². The number of halogens is 2. The van der Waals surface area contributed by atoms with E-state index >= 15 is 0 Å². The average molecular weight is 628 g/mol. The quantitative estimate of drug-likeness (QED) is 0.175. The van der Waals surface area contributed by atoms with Crippen LogP contribution in [0.2, 0.25) is 0 Å². The van der Waals surface area contributed by atoms with Crippen molar-refractivity contribution in [3.05, 3.63) is 182 Å². The Morgan fingerprint density at radius 3 is 0.476 bits per heavy atom. The monoisotopic (exact) mass is 626 g/mol. The molecule has 0 unspecified atom stereocenters. The van der Waals surface area contributed by atoms with Crippen LogP contribution in [0.25, 0.3) is 0 Å². The van der Waals surface area contributed by atoms with E-state index in [9.17, 15) is 10.3 Å².